The summed E-state index contributed by atoms with van der Waals surface area (Å²) in [5, 5.41) is 17.9. The van der Waals surface area contributed by atoms with E-state index in [1.54, 1.807) is 28.9 Å². The van der Waals surface area contributed by atoms with Crippen molar-refractivity contribution >= 4 is 17.2 Å². The molecule has 10 nitrogen and oxygen atoms in total. The SMILES string of the molecule is COc1cc2cc(c1)-c1cnn3cc(OC)c(nc13)OC[C@@H]1C[C@@H](O)C(=O)N1CCN2. The van der Waals surface area contributed by atoms with E-state index in [0.29, 0.717) is 42.5 Å². The van der Waals surface area contributed by atoms with Crippen molar-refractivity contribution in [2.24, 2.45) is 0 Å². The minimum absolute atomic E-state index is 0.199. The molecule has 5 rings (SSSR count). The van der Waals surface area contributed by atoms with Crippen LogP contribution in [0.4, 0.5) is 5.69 Å². The molecule has 0 aliphatic carbocycles. The lowest BCUT2D eigenvalue weighted by Crippen LogP contribution is -2.40. The number of benzene rings is 1. The number of anilines is 1. The zero-order chi connectivity index (χ0) is 21.5. The number of amides is 1. The molecule has 0 spiro atoms. The zero-order valence-corrected chi connectivity index (χ0v) is 17.2. The molecule has 31 heavy (non-hydrogen) atoms. The first kappa shape index (κ1) is 19.4. The Balaban J connectivity index is 1.64. The Morgan fingerprint density at radius 2 is 2.13 bits per heavy atom. The molecule has 2 aliphatic rings. The monoisotopic (exact) mass is 425 g/mol. The van der Waals surface area contributed by atoms with Crippen molar-refractivity contribution in [3.8, 4) is 28.5 Å². The number of aromatic nitrogens is 3. The topological polar surface area (TPSA) is 110 Å². The summed E-state index contributed by atoms with van der Waals surface area (Å²) in [6, 6.07) is 5.52. The Hall–Kier alpha value is -3.53. The molecule has 3 aromatic rings. The van der Waals surface area contributed by atoms with Crippen LogP contribution < -0.4 is 19.5 Å². The first-order valence-corrected chi connectivity index (χ1v) is 10.0. The Labute approximate surface area is 178 Å². The van der Waals surface area contributed by atoms with Crippen LogP contribution >= 0.6 is 0 Å². The lowest BCUT2D eigenvalue weighted by atomic mass is 10.1. The Bertz CT molecular complexity index is 1150. The number of methoxy groups -OCH3 is 2. The number of aliphatic hydroxyl groups is 1. The number of carbonyl (C=O) groups excluding carboxylic acids is 1. The van der Waals surface area contributed by atoms with Gasteiger partial charge in [-0.15, -0.1) is 0 Å². The third-order valence-corrected chi connectivity index (χ3v) is 5.70. The highest BCUT2D eigenvalue weighted by Gasteiger charge is 2.38. The summed E-state index contributed by atoms with van der Waals surface area (Å²) >= 11 is 0. The molecule has 1 aromatic carbocycles. The van der Waals surface area contributed by atoms with Gasteiger partial charge < -0.3 is 29.5 Å². The normalized spacial score (nSPS) is 20.7. The molecule has 2 N–H and O–H groups in total. The van der Waals surface area contributed by atoms with Gasteiger partial charge in [-0.25, -0.2) is 4.52 Å². The van der Waals surface area contributed by atoms with Gasteiger partial charge >= 0.3 is 0 Å². The van der Waals surface area contributed by atoms with Crippen LogP contribution in [0.5, 0.6) is 17.4 Å². The zero-order valence-electron chi connectivity index (χ0n) is 17.2. The van der Waals surface area contributed by atoms with Crippen molar-refractivity contribution in [2.45, 2.75) is 18.6 Å². The molecule has 1 fully saturated rings. The predicted molar refractivity (Wildman–Crippen MR) is 112 cm³/mol. The fourth-order valence-corrected chi connectivity index (χ4v) is 4.10. The Morgan fingerprint density at radius 1 is 1.26 bits per heavy atom. The molecule has 0 unspecified atom stereocenters. The maximum atomic E-state index is 12.5. The number of nitrogens with zero attached hydrogens (tertiary/aromatic N) is 4. The maximum Gasteiger partial charge on any atom is 0.260 e. The summed E-state index contributed by atoms with van der Waals surface area (Å²) in [6.45, 7) is 1.14. The van der Waals surface area contributed by atoms with Crippen molar-refractivity contribution in [3.05, 3.63) is 30.6 Å². The first-order chi connectivity index (χ1) is 15.1. The summed E-state index contributed by atoms with van der Waals surface area (Å²) in [5.41, 5.74) is 3.15. The van der Waals surface area contributed by atoms with E-state index in [4.69, 9.17) is 14.2 Å². The van der Waals surface area contributed by atoms with Crippen molar-refractivity contribution in [1.29, 1.82) is 0 Å². The van der Waals surface area contributed by atoms with Crippen molar-refractivity contribution in [2.75, 3.05) is 39.2 Å². The minimum Gasteiger partial charge on any atom is -0.497 e. The van der Waals surface area contributed by atoms with Gasteiger partial charge in [0.2, 0.25) is 0 Å². The molecule has 2 atom stereocenters. The van der Waals surface area contributed by atoms with Gasteiger partial charge in [-0.2, -0.15) is 10.1 Å². The van der Waals surface area contributed by atoms with E-state index in [9.17, 15) is 9.90 Å². The van der Waals surface area contributed by atoms with E-state index in [-0.39, 0.29) is 18.6 Å². The van der Waals surface area contributed by atoms with Gasteiger partial charge in [0.1, 0.15) is 18.5 Å². The predicted octanol–water partition coefficient (Wildman–Crippen LogP) is 1.18. The third-order valence-electron chi connectivity index (χ3n) is 5.70. The highest BCUT2D eigenvalue weighted by molar-refractivity contribution is 5.83. The van der Waals surface area contributed by atoms with Gasteiger partial charge in [0.25, 0.3) is 11.8 Å². The van der Waals surface area contributed by atoms with Crippen LogP contribution in [-0.2, 0) is 4.79 Å². The lowest BCUT2D eigenvalue weighted by Gasteiger charge is -2.25. The van der Waals surface area contributed by atoms with E-state index in [2.05, 4.69) is 15.4 Å². The fourth-order valence-electron chi connectivity index (χ4n) is 4.10. The van der Waals surface area contributed by atoms with Gasteiger partial charge in [0, 0.05) is 36.8 Å². The van der Waals surface area contributed by atoms with Crippen LogP contribution in [0.1, 0.15) is 6.42 Å². The summed E-state index contributed by atoms with van der Waals surface area (Å²) in [6.07, 6.45) is 2.74. The smallest absolute Gasteiger partial charge is 0.260 e. The quantitative estimate of drug-likeness (QED) is 0.630. The lowest BCUT2D eigenvalue weighted by molar-refractivity contribution is -0.135. The molecule has 0 radical (unpaired) electrons. The molecule has 0 saturated carbocycles. The Kier molecular flexibility index (Phi) is 4.78. The van der Waals surface area contributed by atoms with E-state index >= 15 is 0 Å². The number of fused-ring (bicyclic) bond motifs is 5. The van der Waals surface area contributed by atoms with Crippen LogP contribution in [-0.4, -0.2) is 76.6 Å². The van der Waals surface area contributed by atoms with Crippen molar-refractivity contribution in [1.82, 2.24) is 19.5 Å². The minimum atomic E-state index is -1.02. The molecule has 1 saturated heterocycles. The van der Waals surface area contributed by atoms with Crippen molar-refractivity contribution in [3.63, 3.8) is 0 Å². The molecule has 1 amide bonds. The third kappa shape index (κ3) is 3.38. The van der Waals surface area contributed by atoms with E-state index in [1.165, 1.54) is 7.11 Å². The number of rotatable bonds is 2. The van der Waals surface area contributed by atoms with Gasteiger partial charge in [-0.3, -0.25) is 4.79 Å². The Morgan fingerprint density at radius 3 is 2.94 bits per heavy atom. The van der Waals surface area contributed by atoms with Crippen LogP contribution in [0.25, 0.3) is 16.8 Å². The fraction of sp³-hybridized carbons (Fsp3) is 0.381. The molecule has 4 bridgehead atoms. The molecular weight excluding hydrogens is 402 g/mol. The molecule has 162 valence electrons. The number of hydrogen-bond acceptors (Lipinski definition) is 8. The van der Waals surface area contributed by atoms with Crippen LogP contribution in [0.3, 0.4) is 0 Å². The number of hydrogen-bond donors (Lipinski definition) is 2. The van der Waals surface area contributed by atoms with E-state index < -0.39 is 6.10 Å². The van der Waals surface area contributed by atoms with Gasteiger partial charge in [-0.1, -0.05) is 0 Å². The number of aliphatic hydroxyl groups excluding tert-OH is 1. The number of carbonyl (C=O) groups is 1. The van der Waals surface area contributed by atoms with Gasteiger partial charge in [0.15, 0.2) is 11.4 Å². The molecule has 10 heteroatoms. The van der Waals surface area contributed by atoms with E-state index in [0.717, 1.165) is 16.8 Å². The highest BCUT2D eigenvalue weighted by Crippen LogP contribution is 2.34. The second kappa shape index (κ2) is 7.62. The standard InChI is InChI=1S/C21H23N5O5/c1-29-15-6-12-5-13(7-15)22-3-4-25-14(8-17(27)21(25)28)11-31-20-18(30-2)10-26-19(24-20)16(12)9-23-26/h5-7,9-10,14,17,22,27H,3-4,8,11H2,1-2H3/t14-,17+/m0/s1. The second-order valence-corrected chi connectivity index (χ2v) is 7.57. The summed E-state index contributed by atoms with van der Waals surface area (Å²) in [4.78, 5) is 18.8. The first-order valence-electron chi connectivity index (χ1n) is 10.0. The molecule has 4 heterocycles. The second-order valence-electron chi connectivity index (χ2n) is 7.57. The van der Waals surface area contributed by atoms with Gasteiger partial charge in [0.05, 0.1) is 32.7 Å². The average Bonchev–Trinajstić information content (AvgIpc) is 3.31. The maximum absolute atomic E-state index is 12.5. The van der Waals surface area contributed by atoms with Crippen LogP contribution in [0.2, 0.25) is 0 Å². The molecule has 2 aromatic heterocycles. The largest absolute Gasteiger partial charge is 0.497 e. The molecular formula is C21H23N5O5. The van der Waals surface area contributed by atoms with Crippen LogP contribution in [0, 0.1) is 0 Å². The summed E-state index contributed by atoms with van der Waals surface area (Å²) < 4.78 is 18.5. The highest BCUT2D eigenvalue weighted by atomic mass is 16.5. The number of ether oxygens (including phenoxy) is 3. The van der Waals surface area contributed by atoms with Crippen LogP contribution in [0.15, 0.2) is 30.6 Å². The number of nitrogens with one attached hydrogen (secondary N) is 1. The van der Waals surface area contributed by atoms with E-state index in [1.807, 2.05) is 18.2 Å². The summed E-state index contributed by atoms with van der Waals surface area (Å²) in [7, 11) is 3.15. The average molecular weight is 425 g/mol. The van der Waals surface area contributed by atoms with Crippen molar-refractivity contribution < 1.29 is 24.1 Å². The molecule has 2 aliphatic heterocycles. The summed E-state index contributed by atoms with van der Waals surface area (Å²) in [5.74, 6) is 1.13. The van der Waals surface area contributed by atoms with Gasteiger partial charge in [-0.05, 0) is 17.7 Å².